The van der Waals surface area contributed by atoms with Gasteiger partial charge in [-0.15, -0.1) is 0 Å². The van der Waals surface area contributed by atoms with Crippen LogP contribution in [0, 0.1) is 0 Å². The van der Waals surface area contributed by atoms with Crippen LogP contribution >= 0.6 is 0 Å². The molecule has 0 saturated heterocycles. The third-order valence-corrected chi connectivity index (χ3v) is 3.22. The van der Waals surface area contributed by atoms with E-state index in [-0.39, 0.29) is 11.9 Å². The Hall–Kier alpha value is -2.69. The van der Waals surface area contributed by atoms with Gasteiger partial charge >= 0.3 is 0 Å². The van der Waals surface area contributed by atoms with Crippen LogP contribution in [0.1, 0.15) is 6.92 Å². The summed E-state index contributed by atoms with van der Waals surface area (Å²) in [5.41, 5.74) is 1.59. The van der Waals surface area contributed by atoms with Crippen LogP contribution in [0.15, 0.2) is 48.5 Å². The molecular formula is C17H20N2O3. The van der Waals surface area contributed by atoms with Gasteiger partial charge in [-0.2, -0.15) is 0 Å². The number of benzene rings is 2. The minimum Gasteiger partial charge on any atom is -0.497 e. The van der Waals surface area contributed by atoms with Crippen molar-refractivity contribution in [1.29, 1.82) is 0 Å². The van der Waals surface area contributed by atoms with Crippen molar-refractivity contribution in [2.24, 2.45) is 0 Å². The number of anilines is 2. The molecule has 0 saturated carbocycles. The minimum atomic E-state index is -0.365. The van der Waals surface area contributed by atoms with Crippen LogP contribution in [0.25, 0.3) is 0 Å². The SMILES string of the molecule is COc1ccc(NC(=O)C(C)Nc2ccc(OC)cc2)cc1. The maximum atomic E-state index is 12.2. The van der Waals surface area contributed by atoms with Gasteiger partial charge in [-0.3, -0.25) is 4.79 Å². The lowest BCUT2D eigenvalue weighted by Gasteiger charge is -2.15. The van der Waals surface area contributed by atoms with Gasteiger partial charge < -0.3 is 20.1 Å². The molecule has 1 atom stereocenters. The molecular weight excluding hydrogens is 280 g/mol. The molecule has 2 rings (SSSR count). The summed E-state index contributed by atoms with van der Waals surface area (Å²) in [6.45, 7) is 1.81. The Morgan fingerprint density at radius 3 is 1.77 bits per heavy atom. The quantitative estimate of drug-likeness (QED) is 0.860. The van der Waals surface area contributed by atoms with E-state index in [1.807, 2.05) is 31.2 Å². The molecule has 0 fully saturated rings. The van der Waals surface area contributed by atoms with Crippen LogP contribution in [0.5, 0.6) is 11.5 Å². The zero-order valence-electron chi connectivity index (χ0n) is 12.9. The molecule has 2 N–H and O–H groups in total. The predicted molar refractivity (Wildman–Crippen MR) is 87.7 cm³/mol. The Labute approximate surface area is 130 Å². The maximum Gasteiger partial charge on any atom is 0.246 e. The van der Waals surface area contributed by atoms with E-state index in [2.05, 4.69) is 10.6 Å². The molecule has 22 heavy (non-hydrogen) atoms. The predicted octanol–water partition coefficient (Wildman–Crippen LogP) is 3.14. The lowest BCUT2D eigenvalue weighted by Crippen LogP contribution is -2.31. The van der Waals surface area contributed by atoms with Crippen LogP contribution < -0.4 is 20.1 Å². The number of ether oxygens (including phenoxy) is 2. The number of hydrogen-bond acceptors (Lipinski definition) is 4. The van der Waals surface area contributed by atoms with Gasteiger partial charge in [-0.1, -0.05) is 0 Å². The number of nitrogens with one attached hydrogen (secondary N) is 2. The Morgan fingerprint density at radius 2 is 1.32 bits per heavy atom. The third-order valence-electron chi connectivity index (χ3n) is 3.22. The van der Waals surface area contributed by atoms with Crippen LogP contribution in [0.2, 0.25) is 0 Å². The molecule has 0 aliphatic carbocycles. The first-order valence-electron chi connectivity index (χ1n) is 6.98. The van der Waals surface area contributed by atoms with Crippen molar-refractivity contribution < 1.29 is 14.3 Å². The fourth-order valence-electron chi connectivity index (χ4n) is 1.93. The minimum absolute atomic E-state index is 0.110. The van der Waals surface area contributed by atoms with Gasteiger partial charge in [0.25, 0.3) is 0 Å². The van der Waals surface area contributed by atoms with E-state index in [4.69, 9.17) is 9.47 Å². The topological polar surface area (TPSA) is 59.6 Å². The van der Waals surface area contributed by atoms with E-state index >= 15 is 0 Å². The number of rotatable bonds is 6. The highest BCUT2D eigenvalue weighted by Gasteiger charge is 2.12. The second kappa shape index (κ2) is 7.36. The molecule has 1 unspecified atom stereocenters. The molecule has 2 aromatic carbocycles. The van der Waals surface area contributed by atoms with E-state index < -0.39 is 0 Å². The van der Waals surface area contributed by atoms with Crippen LogP contribution in [0.4, 0.5) is 11.4 Å². The largest absolute Gasteiger partial charge is 0.497 e. The van der Waals surface area contributed by atoms with Crippen molar-refractivity contribution >= 4 is 17.3 Å². The average molecular weight is 300 g/mol. The van der Waals surface area contributed by atoms with Gasteiger partial charge in [-0.25, -0.2) is 0 Å². The van der Waals surface area contributed by atoms with E-state index in [0.717, 1.165) is 22.9 Å². The summed E-state index contributed by atoms with van der Waals surface area (Å²) in [7, 11) is 3.22. The van der Waals surface area contributed by atoms with E-state index in [0.29, 0.717) is 0 Å². The normalized spacial score (nSPS) is 11.4. The average Bonchev–Trinajstić information content (AvgIpc) is 2.56. The molecule has 0 aliphatic rings. The Balaban J connectivity index is 1.92. The van der Waals surface area contributed by atoms with Gasteiger partial charge in [-0.05, 0) is 55.5 Å². The molecule has 2 aromatic rings. The summed E-state index contributed by atoms with van der Waals surface area (Å²) in [4.78, 5) is 12.2. The number of carbonyl (C=O) groups excluding carboxylic acids is 1. The van der Waals surface area contributed by atoms with Crippen LogP contribution in [-0.2, 0) is 4.79 Å². The standard InChI is InChI=1S/C17H20N2O3/c1-12(18-13-4-8-15(21-2)9-5-13)17(20)19-14-6-10-16(22-3)11-7-14/h4-12,18H,1-3H3,(H,19,20). The molecule has 0 aromatic heterocycles. The number of hydrogen-bond donors (Lipinski definition) is 2. The lowest BCUT2D eigenvalue weighted by atomic mass is 10.2. The number of amides is 1. The highest BCUT2D eigenvalue weighted by atomic mass is 16.5. The first kappa shape index (κ1) is 15.7. The Morgan fingerprint density at radius 1 is 0.864 bits per heavy atom. The zero-order chi connectivity index (χ0) is 15.9. The first-order chi connectivity index (χ1) is 10.6. The van der Waals surface area contributed by atoms with E-state index in [1.54, 1.807) is 38.5 Å². The van der Waals surface area contributed by atoms with Crippen molar-refractivity contribution in [3.63, 3.8) is 0 Å². The number of carbonyl (C=O) groups is 1. The Bertz CT molecular complexity index is 609. The van der Waals surface area contributed by atoms with Crippen molar-refractivity contribution in [2.75, 3.05) is 24.9 Å². The summed E-state index contributed by atoms with van der Waals surface area (Å²) in [5, 5.41) is 6.00. The molecule has 5 heteroatoms. The first-order valence-corrected chi connectivity index (χ1v) is 6.98. The van der Waals surface area contributed by atoms with Crippen molar-refractivity contribution in [3.8, 4) is 11.5 Å². The maximum absolute atomic E-state index is 12.2. The van der Waals surface area contributed by atoms with Crippen LogP contribution in [0.3, 0.4) is 0 Å². The Kier molecular flexibility index (Phi) is 5.25. The lowest BCUT2D eigenvalue weighted by molar-refractivity contribution is -0.116. The molecule has 0 aliphatic heterocycles. The highest BCUT2D eigenvalue weighted by molar-refractivity contribution is 5.96. The van der Waals surface area contributed by atoms with E-state index in [9.17, 15) is 4.79 Å². The second-order valence-corrected chi connectivity index (χ2v) is 4.81. The summed E-state index contributed by atoms with van der Waals surface area (Å²) in [6.07, 6.45) is 0. The summed E-state index contributed by atoms with van der Waals surface area (Å²) >= 11 is 0. The molecule has 0 spiro atoms. The van der Waals surface area contributed by atoms with Gasteiger partial charge in [0.1, 0.15) is 17.5 Å². The zero-order valence-corrected chi connectivity index (χ0v) is 12.9. The summed E-state index contributed by atoms with van der Waals surface area (Å²) in [6, 6.07) is 14.3. The third kappa shape index (κ3) is 4.15. The molecule has 116 valence electrons. The van der Waals surface area contributed by atoms with Crippen LogP contribution in [-0.4, -0.2) is 26.2 Å². The highest BCUT2D eigenvalue weighted by Crippen LogP contribution is 2.17. The molecule has 0 heterocycles. The van der Waals surface area contributed by atoms with Crippen molar-refractivity contribution in [2.45, 2.75) is 13.0 Å². The summed E-state index contributed by atoms with van der Waals surface area (Å²) < 4.78 is 10.2. The fourth-order valence-corrected chi connectivity index (χ4v) is 1.93. The monoisotopic (exact) mass is 300 g/mol. The molecule has 0 radical (unpaired) electrons. The molecule has 1 amide bonds. The van der Waals surface area contributed by atoms with Gasteiger partial charge in [0.2, 0.25) is 5.91 Å². The van der Waals surface area contributed by atoms with Crippen molar-refractivity contribution in [3.05, 3.63) is 48.5 Å². The smallest absolute Gasteiger partial charge is 0.246 e. The van der Waals surface area contributed by atoms with Gasteiger partial charge in [0.05, 0.1) is 14.2 Å². The number of methoxy groups -OCH3 is 2. The fraction of sp³-hybridized carbons (Fsp3) is 0.235. The summed E-state index contributed by atoms with van der Waals surface area (Å²) in [5.74, 6) is 1.42. The van der Waals surface area contributed by atoms with Crippen molar-refractivity contribution in [1.82, 2.24) is 0 Å². The van der Waals surface area contributed by atoms with E-state index in [1.165, 1.54) is 0 Å². The second-order valence-electron chi connectivity index (χ2n) is 4.81. The molecule has 5 nitrogen and oxygen atoms in total. The molecule has 0 bridgehead atoms. The van der Waals surface area contributed by atoms with Gasteiger partial charge in [0, 0.05) is 11.4 Å². The van der Waals surface area contributed by atoms with Gasteiger partial charge in [0.15, 0.2) is 0 Å².